The molecule has 0 aliphatic carbocycles. The predicted molar refractivity (Wildman–Crippen MR) is 94.1 cm³/mol. The van der Waals surface area contributed by atoms with Crippen molar-refractivity contribution in [2.24, 2.45) is 0 Å². The molecule has 2 rings (SSSR count). The first-order valence-corrected chi connectivity index (χ1v) is 7.31. The minimum Gasteiger partial charge on any atom is -0.331 e. The maximum absolute atomic E-state index is 12.8. The molecular formula is C17H16FN3OS. The monoisotopic (exact) mass is 329 g/mol. The molecule has 3 N–H and O–H groups in total. The molecule has 4 nitrogen and oxygen atoms in total. The van der Waals surface area contributed by atoms with Crippen molar-refractivity contribution in [2.75, 3.05) is 5.32 Å². The molecule has 0 unspecified atom stereocenters. The predicted octanol–water partition coefficient (Wildman–Crippen LogP) is 3.17. The lowest BCUT2D eigenvalue weighted by molar-refractivity contribution is -0.116. The van der Waals surface area contributed by atoms with Crippen LogP contribution in [0.4, 0.5) is 10.1 Å². The molecule has 2 aromatic rings. The normalized spacial score (nSPS) is 10.3. The van der Waals surface area contributed by atoms with E-state index >= 15 is 0 Å². The van der Waals surface area contributed by atoms with Crippen molar-refractivity contribution >= 4 is 35.0 Å². The molecule has 0 aromatic heterocycles. The van der Waals surface area contributed by atoms with Gasteiger partial charge in [0.15, 0.2) is 5.11 Å². The molecule has 0 aliphatic heterocycles. The Bertz CT molecular complexity index is 729. The number of carbonyl (C=O) groups is 1. The third-order valence-electron chi connectivity index (χ3n) is 2.87. The van der Waals surface area contributed by atoms with Gasteiger partial charge in [0.05, 0.1) is 0 Å². The second kappa shape index (κ2) is 8.05. The van der Waals surface area contributed by atoms with Gasteiger partial charge in [-0.2, -0.15) is 0 Å². The summed E-state index contributed by atoms with van der Waals surface area (Å²) in [6, 6.07) is 13.5. The van der Waals surface area contributed by atoms with Crippen molar-refractivity contribution in [3.05, 3.63) is 71.6 Å². The lowest BCUT2D eigenvalue weighted by Crippen LogP contribution is -2.43. The zero-order valence-corrected chi connectivity index (χ0v) is 13.3. The van der Waals surface area contributed by atoms with Crippen LogP contribution < -0.4 is 16.2 Å². The van der Waals surface area contributed by atoms with E-state index in [1.165, 1.54) is 18.2 Å². The maximum atomic E-state index is 12.8. The second-order valence-corrected chi connectivity index (χ2v) is 5.23. The third kappa shape index (κ3) is 5.88. The molecule has 0 heterocycles. The highest BCUT2D eigenvalue weighted by molar-refractivity contribution is 7.80. The van der Waals surface area contributed by atoms with Crippen LogP contribution in [0.15, 0.2) is 54.6 Å². The Hall–Kier alpha value is -2.73. The van der Waals surface area contributed by atoms with Gasteiger partial charge in [-0.05, 0) is 55.0 Å². The fourth-order valence-electron chi connectivity index (χ4n) is 1.80. The van der Waals surface area contributed by atoms with Gasteiger partial charge in [-0.25, -0.2) is 4.39 Å². The first-order chi connectivity index (χ1) is 11.0. The van der Waals surface area contributed by atoms with E-state index < -0.39 is 0 Å². The number of amides is 1. The van der Waals surface area contributed by atoms with Crippen LogP contribution in [-0.2, 0) is 4.79 Å². The number of rotatable bonds is 3. The molecule has 0 aliphatic rings. The van der Waals surface area contributed by atoms with E-state index in [2.05, 4.69) is 16.2 Å². The number of carbonyl (C=O) groups excluding carboxylic acids is 1. The number of halogens is 1. The van der Waals surface area contributed by atoms with Crippen LogP contribution in [0.5, 0.6) is 0 Å². The van der Waals surface area contributed by atoms with Crippen LogP contribution in [0, 0.1) is 12.7 Å². The molecule has 0 atom stereocenters. The van der Waals surface area contributed by atoms with Crippen LogP contribution >= 0.6 is 12.2 Å². The summed E-state index contributed by atoms with van der Waals surface area (Å²) in [5, 5.41) is 3.02. The standard InChI is InChI=1S/C17H16FN3OS/c1-12-3-2-4-13(11-12)5-10-16(22)20-21-17(23)19-15-8-6-14(18)7-9-15/h2-11H,1H3,(H,20,22)(H2,19,21,23)/b10-5+. The van der Waals surface area contributed by atoms with Gasteiger partial charge in [-0.15, -0.1) is 0 Å². The largest absolute Gasteiger partial charge is 0.331 e. The highest BCUT2D eigenvalue weighted by Gasteiger charge is 1.99. The molecule has 0 saturated heterocycles. The number of hydrogen-bond acceptors (Lipinski definition) is 2. The number of anilines is 1. The lowest BCUT2D eigenvalue weighted by atomic mass is 10.1. The van der Waals surface area contributed by atoms with E-state index in [-0.39, 0.29) is 16.8 Å². The minimum absolute atomic E-state index is 0.203. The van der Waals surface area contributed by atoms with Crippen LogP contribution in [-0.4, -0.2) is 11.0 Å². The summed E-state index contributed by atoms with van der Waals surface area (Å²) in [6.45, 7) is 1.98. The van der Waals surface area contributed by atoms with E-state index in [1.807, 2.05) is 31.2 Å². The first kappa shape index (κ1) is 16.6. The van der Waals surface area contributed by atoms with E-state index in [0.29, 0.717) is 5.69 Å². The summed E-state index contributed by atoms with van der Waals surface area (Å²) < 4.78 is 12.8. The molecule has 1 amide bonds. The number of benzene rings is 2. The SMILES string of the molecule is Cc1cccc(/C=C/C(=O)NNC(=S)Nc2ccc(F)cc2)c1. The summed E-state index contributed by atoms with van der Waals surface area (Å²) in [4.78, 5) is 11.7. The Labute approximate surface area is 139 Å². The summed E-state index contributed by atoms with van der Waals surface area (Å²) >= 11 is 5.03. The molecule has 0 radical (unpaired) electrons. The number of hydrazine groups is 1. The Kier molecular flexibility index (Phi) is 5.82. The van der Waals surface area contributed by atoms with Crippen molar-refractivity contribution in [2.45, 2.75) is 6.92 Å². The molecule has 0 spiro atoms. The van der Waals surface area contributed by atoms with Crippen LogP contribution in [0.2, 0.25) is 0 Å². The summed E-state index contributed by atoms with van der Waals surface area (Å²) in [6.07, 6.45) is 3.11. The quantitative estimate of drug-likeness (QED) is 0.460. The van der Waals surface area contributed by atoms with Crippen LogP contribution in [0.3, 0.4) is 0 Å². The van der Waals surface area contributed by atoms with E-state index in [4.69, 9.17) is 12.2 Å². The van der Waals surface area contributed by atoms with Gasteiger partial charge in [0.2, 0.25) is 0 Å². The Morgan fingerprint density at radius 3 is 2.57 bits per heavy atom. The van der Waals surface area contributed by atoms with Crippen molar-refractivity contribution in [3.63, 3.8) is 0 Å². The van der Waals surface area contributed by atoms with Crippen LogP contribution in [0.1, 0.15) is 11.1 Å². The zero-order valence-electron chi connectivity index (χ0n) is 12.5. The van der Waals surface area contributed by atoms with Gasteiger partial charge in [-0.3, -0.25) is 15.6 Å². The van der Waals surface area contributed by atoms with Crippen molar-refractivity contribution in [1.82, 2.24) is 10.9 Å². The zero-order chi connectivity index (χ0) is 16.7. The summed E-state index contributed by atoms with van der Waals surface area (Å²) in [5.74, 6) is -0.668. The Balaban J connectivity index is 1.79. The number of aryl methyl sites for hydroxylation is 1. The maximum Gasteiger partial charge on any atom is 0.262 e. The van der Waals surface area contributed by atoms with Gasteiger partial charge in [-0.1, -0.05) is 29.8 Å². The second-order valence-electron chi connectivity index (χ2n) is 4.82. The molecular weight excluding hydrogens is 313 g/mol. The van der Waals surface area contributed by atoms with E-state index in [0.717, 1.165) is 11.1 Å². The highest BCUT2D eigenvalue weighted by Crippen LogP contribution is 2.07. The van der Waals surface area contributed by atoms with Gasteiger partial charge < -0.3 is 5.32 Å². The van der Waals surface area contributed by atoms with Gasteiger partial charge in [0.25, 0.3) is 5.91 Å². The fraction of sp³-hybridized carbons (Fsp3) is 0.0588. The van der Waals surface area contributed by atoms with E-state index in [1.54, 1.807) is 18.2 Å². The number of thiocarbonyl (C=S) groups is 1. The highest BCUT2D eigenvalue weighted by atomic mass is 32.1. The third-order valence-corrected chi connectivity index (χ3v) is 3.07. The fourth-order valence-corrected chi connectivity index (χ4v) is 1.97. The van der Waals surface area contributed by atoms with Gasteiger partial charge in [0, 0.05) is 11.8 Å². The van der Waals surface area contributed by atoms with Gasteiger partial charge >= 0.3 is 0 Å². The Morgan fingerprint density at radius 1 is 1.13 bits per heavy atom. The van der Waals surface area contributed by atoms with Gasteiger partial charge in [0.1, 0.15) is 5.82 Å². The minimum atomic E-state index is -0.338. The van der Waals surface area contributed by atoms with Crippen LogP contribution in [0.25, 0.3) is 6.08 Å². The molecule has 23 heavy (non-hydrogen) atoms. The Morgan fingerprint density at radius 2 is 1.87 bits per heavy atom. The number of nitrogens with one attached hydrogen (secondary N) is 3. The molecule has 6 heteroatoms. The average Bonchev–Trinajstić information content (AvgIpc) is 2.53. The van der Waals surface area contributed by atoms with Crippen molar-refractivity contribution in [1.29, 1.82) is 0 Å². The smallest absolute Gasteiger partial charge is 0.262 e. The van der Waals surface area contributed by atoms with E-state index in [9.17, 15) is 9.18 Å². The molecule has 2 aromatic carbocycles. The number of hydrogen-bond donors (Lipinski definition) is 3. The molecule has 0 saturated carbocycles. The van der Waals surface area contributed by atoms with Crippen molar-refractivity contribution < 1.29 is 9.18 Å². The summed E-state index contributed by atoms with van der Waals surface area (Å²) in [7, 11) is 0. The summed E-state index contributed by atoms with van der Waals surface area (Å²) in [5.41, 5.74) is 7.69. The van der Waals surface area contributed by atoms with Crippen molar-refractivity contribution in [3.8, 4) is 0 Å². The first-order valence-electron chi connectivity index (χ1n) is 6.90. The molecule has 0 bridgehead atoms. The molecule has 118 valence electrons. The average molecular weight is 329 g/mol. The lowest BCUT2D eigenvalue weighted by Gasteiger charge is -2.10. The molecule has 0 fully saturated rings. The topological polar surface area (TPSA) is 53.2 Å².